The molecule has 0 fully saturated rings. The molecule has 0 aliphatic carbocycles. The Bertz CT molecular complexity index is 282. The molecule has 0 unspecified atom stereocenters. The molecular weight excluding hydrogens is 174 g/mol. The van der Waals surface area contributed by atoms with Crippen LogP contribution in [0.4, 0.5) is 4.79 Å². The number of carbonyl (C=O) groups excluding carboxylic acids is 1. The summed E-state index contributed by atoms with van der Waals surface area (Å²) in [5.41, 5.74) is 6.37. The molecule has 1 rings (SSSR count). The van der Waals surface area contributed by atoms with E-state index in [4.69, 9.17) is 5.73 Å². The van der Waals surface area contributed by atoms with Gasteiger partial charge in [-0.3, -0.25) is 9.36 Å². The van der Waals surface area contributed by atoms with Crippen LogP contribution in [0.15, 0.2) is 12.5 Å². The lowest BCUT2D eigenvalue weighted by atomic mass is 10.2. The van der Waals surface area contributed by atoms with Crippen molar-refractivity contribution >= 4 is 17.9 Å². The minimum absolute atomic E-state index is 0.0587. The first-order chi connectivity index (χ1) is 5.59. The third kappa shape index (κ3) is 2.35. The minimum atomic E-state index is -0.335. The van der Waals surface area contributed by atoms with Crippen LogP contribution in [0.5, 0.6) is 0 Å². The first-order valence-electron chi connectivity index (χ1n) is 3.61. The zero-order valence-corrected chi connectivity index (χ0v) is 7.66. The summed E-state index contributed by atoms with van der Waals surface area (Å²) in [6.07, 6.45) is 3.75. The van der Waals surface area contributed by atoms with Gasteiger partial charge in [-0.1, -0.05) is 12.6 Å². The van der Waals surface area contributed by atoms with Crippen LogP contribution in [0.25, 0.3) is 0 Å². The van der Waals surface area contributed by atoms with Crippen LogP contribution < -0.4 is 5.73 Å². The van der Waals surface area contributed by atoms with Gasteiger partial charge >= 0.3 is 0 Å². The molecule has 5 heteroatoms. The van der Waals surface area contributed by atoms with Crippen molar-refractivity contribution in [2.24, 2.45) is 5.73 Å². The summed E-state index contributed by atoms with van der Waals surface area (Å²) in [4.78, 5) is 14.7. The molecule has 2 N–H and O–H groups in total. The summed E-state index contributed by atoms with van der Waals surface area (Å²) in [7, 11) is 0. The molecule has 0 saturated heterocycles. The van der Waals surface area contributed by atoms with Gasteiger partial charge in [-0.2, -0.15) is 0 Å². The van der Waals surface area contributed by atoms with E-state index in [9.17, 15) is 4.79 Å². The molecule has 4 nitrogen and oxygen atoms in total. The predicted molar refractivity (Wildman–Crippen MR) is 49.4 cm³/mol. The Kier molecular flexibility index (Phi) is 2.88. The Morgan fingerprint density at radius 1 is 1.92 bits per heavy atom. The Morgan fingerprint density at radius 3 is 3.00 bits per heavy atom. The third-order valence-electron chi connectivity index (χ3n) is 1.39. The highest BCUT2D eigenvalue weighted by molar-refractivity contribution is 7.96. The van der Waals surface area contributed by atoms with E-state index < -0.39 is 0 Å². The van der Waals surface area contributed by atoms with Crippen molar-refractivity contribution in [2.75, 3.05) is 0 Å². The smallest absolute Gasteiger partial charge is 0.287 e. The molecule has 0 bridgehead atoms. The fraction of sp³-hybridized carbons (Fsp3) is 0.429. The second-order valence-corrected chi connectivity index (χ2v) is 3.12. The number of imidazole rings is 1. The highest BCUT2D eigenvalue weighted by Gasteiger charge is 2.03. The highest BCUT2D eigenvalue weighted by Crippen LogP contribution is 2.00. The first kappa shape index (κ1) is 9.28. The van der Waals surface area contributed by atoms with Gasteiger partial charge in [0.1, 0.15) is 6.33 Å². The van der Waals surface area contributed by atoms with Crippen LogP contribution in [0.3, 0.4) is 0 Å². The van der Waals surface area contributed by atoms with Crippen molar-refractivity contribution < 1.29 is 4.79 Å². The topological polar surface area (TPSA) is 60.9 Å². The SMILES string of the molecule is C[C@@H](N)Cc1cn(C(=O)S)cn1. The van der Waals surface area contributed by atoms with Crippen molar-refractivity contribution in [1.29, 1.82) is 0 Å². The van der Waals surface area contributed by atoms with Crippen LogP contribution in [0, 0.1) is 0 Å². The number of nitrogens with two attached hydrogens (primary N) is 1. The summed E-state index contributed by atoms with van der Waals surface area (Å²) < 4.78 is 1.32. The maximum atomic E-state index is 10.7. The number of hydrogen-bond acceptors (Lipinski definition) is 3. The monoisotopic (exact) mass is 185 g/mol. The molecule has 0 saturated carbocycles. The quantitative estimate of drug-likeness (QED) is 0.666. The lowest BCUT2D eigenvalue weighted by molar-refractivity contribution is 0.262. The zero-order chi connectivity index (χ0) is 9.14. The molecule has 0 radical (unpaired) electrons. The van der Waals surface area contributed by atoms with E-state index in [0.29, 0.717) is 6.42 Å². The second kappa shape index (κ2) is 3.73. The molecule has 66 valence electrons. The lowest BCUT2D eigenvalue weighted by Gasteiger charge is -1.98. The third-order valence-corrected chi connectivity index (χ3v) is 1.62. The van der Waals surface area contributed by atoms with Crippen molar-refractivity contribution in [3.8, 4) is 0 Å². The van der Waals surface area contributed by atoms with E-state index in [1.54, 1.807) is 6.20 Å². The maximum absolute atomic E-state index is 10.7. The molecule has 12 heavy (non-hydrogen) atoms. The molecule has 1 atom stereocenters. The van der Waals surface area contributed by atoms with Gasteiger partial charge in [-0.05, 0) is 6.92 Å². The molecular formula is C7H11N3OS. The van der Waals surface area contributed by atoms with Gasteiger partial charge in [0.15, 0.2) is 0 Å². The average molecular weight is 185 g/mol. The van der Waals surface area contributed by atoms with E-state index in [1.165, 1.54) is 10.9 Å². The van der Waals surface area contributed by atoms with Gasteiger partial charge in [0.25, 0.3) is 5.24 Å². The molecule has 0 aromatic carbocycles. The van der Waals surface area contributed by atoms with Crippen molar-refractivity contribution in [2.45, 2.75) is 19.4 Å². The van der Waals surface area contributed by atoms with Gasteiger partial charge in [0, 0.05) is 18.7 Å². The summed E-state index contributed by atoms with van der Waals surface area (Å²) in [6.45, 7) is 1.89. The maximum Gasteiger partial charge on any atom is 0.287 e. The minimum Gasteiger partial charge on any atom is -0.328 e. The Morgan fingerprint density at radius 2 is 2.58 bits per heavy atom. The van der Waals surface area contributed by atoms with Crippen LogP contribution >= 0.6 is 12.6 Å². The van der Waals surface area contributed by atoms with Gasteiger partial charge in [-0.25, -0.2) is 4.98 Å². The van der Waals surface area contributed by atoms with Crippen LogP contribution in [-0.4, -0.2) is 20.8 Å². The number of carbonyl (C=O) groups is 1. The van der Waals surface area contributed by atoms with E-state index in [1.807, 2.05) is 6.92 Å². The van der Waals surface area contributed by atoms with Crippen LogP contribution in [-0.2, 0) is 6.42 Å². The fourth-order valence-corrected chi connectivity index (χ4v) is 1.01. The summed E-state index contributed by atoms with van der Waals surface area (Å²) in [6, 6.07) is 0.0587. The number of aromatic nitrogens is 2. The Labute approximate surface area is 76.2 Å². The first-order valence-corrected chi connectivity index (χ1v) is 4.06. The van der Waals surface area contributed by atoms with Gasteiger partial charge in [-0.15, -0.1) is 0 Å². The van der Waals surface area contributed by atoms with Gasteiger partial charge in [0.05, 0.1) is 5.69 Å². The normalized spacial score (nSPS) is 12.9. The lowest BCUT2D eigenvalue weighted by Crippen LogP contribution is -2.17. The molecule has 0 aliphatic rings. The second-order valence-electron chi connectivity index (χ2n) is 2.74. The number of rotatable bonds is 2. The van der Waals surface area contributed by atoms with E-state index in [2.05, 4.69) is 17.6 Å². The highest BCUT2D eigenvalue weighted by atomic mass is 32.1. The van der Waals surface area contributed by atoms with E-state index in [0.717, 1.165) is 5.69 Å². The molecule has 0 aliphatic heterocycles. The summed E-state index contributed by atoms with van der Waals surface area (Å²) in [5.74, 6) is 0. The Balaban J connectivity index is 2.71. The zero-order valence-electron chi connectivity index (χ0n) is 6.77. The fourth-order valence-electron chi connectivity index (χ4n) is 0.903. The molecule has 1 aromatic heterocycles. The van der Waals surface area contributed by atoms with E-state index >= 15 is 0 Å². The predicted octanol–water partition coefficient (Wildman–Crippen LogP) is 0.671. The van der Waals surface area contributed by atoms with Crippen molar-refractivity contribution in [1.82, 2.24) is 9.55 Å². The summed E-state index contributed by atoms with van der Waals surface area (Å²) in [5, 5.41) is -0.335. The average Bonchev–Trinajstić information content (AvgIpc) is 2.34. The molecule has 1 heterocycles. The largest absolute Gasteiger partial charge is 0.328 e. The molecule has 0 amide bonds. The van der Waals surface area contributed by atoms with Gasteiger partial charge < -0.3 is 5.73 Å². The summed E-state index contributed by atoms with van der Waals surface area (Å²) >= 11 is 3.64. The number of nitrogens with zero attached hydrogens (tertiary/aromatic N) is 2. The van der Waals surface area contributed by atoms with Gasteiger partial charge in [0.2, 0.25) is 0 Å². The van der Waals surface area contributed by atoms with Crippen molar-refractivity contribution in [3.63, 3.8) is 0 Å². The van der Waals surface area contributed by atoms with Crippen molar-refractivity contribution in [3.05, 3.63) is 18.2 Å². The number of thiol groups is 1. The number of hydrogen-bond donors (Lipinski definition) is 2. The van der Waals surface area contributed by atoms with E-state index in [-0.39, 0.29) is 11.3 Å². The molecule has 0 spiro atoms. The molecule has 1 aromatic rings. The Hall–Kier alpha value is -0.810. The standard InChI is InChI=1S/C7H11N3OS/c1-5(8)2-6-3-10(4-9-6)7(11)12/h3-5H,2,8H2,1H3,(H,11,12)/t5-/m1/s1. The van der Waals surface area contributed by atoms with Crippen LogP contribution in [0.1, 0.15) is 12.6 Å². The van der Waals surface area contributed by atoms with Crippen LogP contribution in [0.2, 0.25) is 0 Å².